The molecule has 0 aliphatic heterocycles. The number of amides is 1. The van der Waals surface area contributed by atoms with Crippen LogP contribution in [0.1, 0.15) is 11.4 Å². The Labute approximate surface area is 109 Å². The zero-order chi connectivity index (χ0) is 13.0. The summed E-state index contributed by atoms with van der Waals surface area (Å²) in [5, 5.41) is 5.27. The number of thiazole rings is 1. The zero-order valence-electron chi connectivity index (χ0n) is 10.2. The molecule has 2 heterocycles. The molecule has 0 aliphatic rings. The third-order valence-electron chi connectivity index (χ3n) is 2.52. The van der Waals surface area contributed by atoms with Crippen LogP contribution in [0.2, 0.25) is 0 Å². The molecule has 0 bridgehead atoms. The van der Waals surface area contributed by atoms with E-state index in [0.717, 1.165) is 22.9 Å². The predicted molar refractivity (Wildman–Crippen MR) is 69.5 cm³/mol. The molecule has 98 valence electrons. The Bertz CT molecular complexity index is 534. The first-order chi connectivity index (χ1) is 8.68. The van der Waals surface area contributed by atoms with Crippen molar-refractivity contribution in [2.24, 2.45) is 5.73 Å². The number of fused-ring (bicyclic) bond motifs is 1. The van der Waals surface area contributed by atoms with E-state index in [9.17, 15) is 4.79 Å². The van der Waals surface area contributed by atoms with Gasteiger partial charge in [-0.25, -0.2) is 4.98 Å². The van der Waals surface area contributed by atoms with Crippen molar-refractivity contribution in [1.82, 2.24) is 14.7 Å². The average molecular weight is 268 g/mol. The van der Waals surface area contributed by atoms with Gasteiger partial charge in [-0.15, -0.1) is 11.3 Å². The Morgan fingerprint density at radius 2 is 2.50 bits per heavy atom. The van der Waals surface area contributed by atoms with Crippen LogP contribution in [0, 0.1) is 6.92 Å². The minimum atomic E-state index is -0.443. The van der Waals surface area contributed by atoms with Crippen molar-refractivity contribution in [3.05, 3.63) is 23.0 Å². The molecule has 0 aromatic carbocycles. The molecule has 0 atom stereocenters. The number of ether oxygens (including phenoxy) is 1. The van der Waals surface area contributed by atoms with Gasteiger partial charge in [0.1, 0.15) is 6.61 Å². The second-order valence-electron chi connectivity index (χ2n) is 3.90. The van der Waals surface area contributed by atoms with Crippen LogP contribution in [-0.2, 0) is 16.1 Å². The minimum absolute atomic E-state index is 0.0256. The Balaban J connectivity index is 1.78. The maximum Gasteiger partial charge on any atom is 0.243 e. The molecular weight excluding hydrogens is 252 g/mol. The number of nitrogens with zero attached hydrogens (tertiary/aromatic N) is 2. The van der Waals surface area contributed by atoms with Crippen molar-refractivity contribution in [2.45, 2.75) is 13.5 Å². The molecule has 0 saturated carbocycles. The fourth-order valence-corrected chi connectivity index (χ4v) is 2.46. The number of primary amides is 1. The molecule has 2 aromatic rings. The van der Waals surface area contributed by atoms with E-state index in [1.807, 2.05) is 18.5 Å². The summed E-state index contributed by atoms with van der Waals surface area (Å²) in [5.74, 6) is -0.443. The van der Waals surface area contributed by atoms with E-state index in [2.05, 4.69) is 14.7 Å². The highest BCUT2D eigenvalue weighted by molar-refractivity contribution is 7.15. The van der Waals surface area contributed by atoms with E-state index in [0.29, 0.717) is 13.2 Å². The van der Waals surface area contributed by atoms with Crippen molar-refractivity contribution in [3.8, 4) is 0 Å². The minimum Gasteiger partial charge on any atom is -0.370 e. The smallest absolute Gasteiger partial charge is 0.243 e. The van der Waals surface area contributed by atoms with Crippen molar-refractivity contribution < 1.29 is 9.53 Å². The summed E-state index contributed by atoms with van der Waals surface area (Å²) >= 11 is 1.62. The van der Waals surface area contributed by atoms with Crippen LogP contribution in [0.15, 0.2) is 11.6 Å². The molecule has 0 spiro atoms. The van der Waals surface area contributed by atoms with E-state index in [-0.39, 0.29) is 6.61 Å². The summed E-state index contributed by atoms with van der Waals surface area (Å²) in [7, 11) is 0. The van der Waals surface area contributed by atoms with Gasteiger partial charge in [0.15, 0.2) is 4.96 Å². The van der Waals surface area contributed by atoms with E-state index >= 15 is 0 Å². The van der Waals surface area contributed by atoms with Gasteiger partial charge in [-0.2, -0.15) is 0 Å². The number of nitrogens with two attached hydrogens (primary N) is 1. The quantitative estimate of drug-likeness (QED) is 0.707. The van der Waals surface area contributed by atoms with E-state index < -0.39 is 5.91 Å². The lowest BCUT2D eigenvalue weighted by atomic mass is 10.3. The number of hydrogen-bond donors (Lipinski definition) is 2. The number of aromatic nitrogens is 2. The lowest BCUT2D eigenvalue weighted by molar-refractivity contribution is -0.122. The monoisotopic (exact) mass is 268 g/mol. The van der Waals surface area contributed by atoms with Crippen molar-refractivity contribution in [1.29, 1.82) is 0 Å². The molecule has 7 heteroatoms. The van der Waals surface area contributed by atoms with Crippen LogP contribution >= 0.6 is 11.3 Å². The largest absolute Gasteiger partial charge is 0.370 e. The number of imidazole rings is 1. The zero-order valence-corrected chi connectivity index (χ0v) is 11.0. The van der Waals surface area contributed by atoms with Crippen molar-refractivity contribution >= 4 is 22.2 Å². The van der Waals surface area contributed by atoms with E-state index in [1.165, 1.54) is 0 Å². The standard InChI is InChI=1S/C11H16N4O2S/c1-8-9(15-3-5-18-11(15)14-8)6-13-2-4-17-7-10(12)16/h3,5,13H,2,4,6-7H2,1H3,(H2,12,16). The number of rotatable bonds is 7. The predicted octanol–water partition coefficient (Wildman–Crippen LogP) is 0.296. The topological polar surface area (TPSA) is 81.7 Å². The van der Waals surface area contributed by atoms with Crippen molar-refractivity contribution in [2.75, 3.05) is 19.8 Å². The van der Waals surface area contributed by atoms with Gasteiger partial charge in [-0.05, 0) is 6.92 Å². The van der Waals surface area contributed by atoms with Gasteiger partial charge >= 0.3 is 0 Å². The highest BCUT2D eigenvalue weighted by atomic mass is 32.1. The first-order valence-corrected chi connectivity index (χ1v) is 6.54. The normalized spacial score (nSPS) is 11.2. The number of hydrogen-bond acceptors (Lipinski definition) is 5. The van der Waals surface area contributed by atoms with Crippen molar-refractivity contribution in [3.63, 3.8) is 0 Å². The van der Waals surface area contributed by atoms with E-state index in [4.69, 9.17) is 10.5 Å². The maximum absolute atomic E-state index is 10.4. The molecule has 2 rings (SSSR count). The van der Waals surface area contributed by atoms with Gasteiger partial charge in [0.2, 0.25) is 5.91 Å². The van der Waals surface area contributed by atoms with Gasteiger partial charge in [-0.1, -0.05) is 0 Å². The molecule has 0 unspecified atom stereocenters. The highest BCUT2D eigenvalue weighted by Gasteiger charge is 2.08. The Hall–Kier alpha value is -1.44. The van der Waals surface area contributed by atoms with E-state index in [1.54, 1.807) is 11.3 Å². The Kier molecular flexibility index (Phi) is 4.29. The Morgan fingerprint density at radius 3 is 3.28 bits per heavy atom. The summed E-state index contributed by atoms with van der Waals surface area (Å²) in [5.41, 5.74) is 7.15. The third-order valence-corrected chi connectivity index (χ3v) is 3.28. The summed E-state index contributed by atoms with van der Waals surface area (Å²) in [6.07, 6.45) is 2.01. The molecular formula is C11H16N4O2S. The number of carbonyl (C=O) groups excluding carboxylic acids is 1. The number of nitrogens with one attached hydrogen (secondary N) is 1. The van der Waals surface area contributed by atoms with Crippen LogP contribution in [0.25, 0.3) is 4.96 Å². The summed E-state index contributed by atoms with van der Waals surface area (Å²) in [4.78, 5) is 15.9. The van der Waals surface area contributed by atoms with Crippen LogP contribution in [0.4, 0.5) is 0 Å². The summed E-state index contributed by atoms with van der Waals surface area (Å²) < 4.78 is 7.14. The van der Waals surface area contributed by atoms with Gasteiger partial charge in [-0.3, -0.25) is 9.20 Å². The van der Waals surface area contributed by atoms with Gasteiger partial charge < -0.3 is 15.8 Å². The summed E-state index contributed by atoms with van der Waals surface area (Å²) in [6.45, 7) is 3.84. The van der Waals surface area contributed by atoms with Crippen LogP contribution in [0.3, 0.4) is 0 Å². The van der Waals surface area contributed by atoms with Crippen LogP contribution in [-0.4, -0.2) is 35.1 Å². The van der Waals surface area contributed by atoms with Crippen LogP contribution < -0.4 is 11.1 Å². The fraction of sp³-hybridized carbons (Fsp3) is 0.455. The lowest BCUT2D eigenvalue weighted by Crippen LogP contribution is -2.24. The Morgan fingerprint density at radius 1 is 1.67 bits per heavy atom. The second-order valence-corrected chi connectivity index (χ2v) is 4.77. The molecule has 6 nitrogen and oxygen atoms in total. The molecule has 1 amide bonds. The van der Waals surface area contributed by atoms with Gasteiger partial charge in [0.05, 0.1) is 18.0 Å². The van der Waals surface area contributed by atoms with Crippen LogP contribution in [0.5, 0.6) is 0 Å². The first-order valence-electron chi connectivity index (χ1n) is 5.66. The number of carbonyl (C=O) groups is 1. The molecule has 0 saturated heterocycles. The highest BCUT2D eigenvalue weighted by Crippen LogP contribution is 2.16. The van der Waals surface area contributed by atoms with Gasteiger partial charge in [0.25, 0.3) is 0 Å². The molecule has 2 aromatic heterocycles. The summed E-state index contributed by atoms with van der Waals surface area (Å²) in [6, 6.07) is 0. The molecule has 3 N–H and O–H groups in total. The lowest BCUT2D eigenvalue weighted by Gasteiger charge is -2.05. The van der Waals surface area contributed by atoms with Gasteiger partial charge in [0, 0.05) is 24.7 Å². The molecule has 0 fully saturated rings. The third kappa shape index (κ3) is 3.06. The molecule has 0 radical (unpaired) electrons. The maximum atomic E-state index is 10.4. The average Bonchev–Trinajstić information content (AvgIpc) is 2.85. The number of aryl methyl sites for hydroxylation is 1. The molecule has 0 aliphatic carbocycles. The second kappa shape index (κ2) is 5.94. The molecule has 18 heavy (non-hydrogen) atoms. The first kappa shape index (κ1) is 13.0. The SMILES string of the molecule is Cc1nc2sccn2c1CNCCOCC(N)=O. The fourth-order valence-electron chi connectivity index (χ4n) is 1.68.